The SMILES string of the molecule is c1ccc(-c2cc(-c3ccccc3)cc(-c3cc(-c4ccc(-n5c6ccccc6c6cccnc65)cc4)nc(-c4ccccn4)c3)c2)cc1. The van der Waals surface area contributed by atoms with Crippen molar-refractivity contribution in [3.63, 3.8) is 0 Å². The summed E-state index contributed by atoms with van der Waals surface area (Å²) < 4.78 is 2.23. The van der Waals surface area contributed by atoms with Crippen LogP contribution in [0, 0.1) is 0 Å². The van der Waals surface area contributed by atoms with Crippen molar-refractivity contribution < 1.29 is 0 Å². The van der Waals surface area contributed by atoms with Gasteiger partial charge >= 0.3 is 0 Å². The lowest BCUT2D eigenvalue weighted by atomic mass is 9.92. The number of hydrogen-bond donors (Lipinski definition) is 0. The molecule has 4 aromatic heterocycles. The van der Waals surface area contributed by atoms with Gasteiger partial charge in [0, 0.05) is 34.4 Å². The molecule has 5 aromatic carbocycles. The number of aromatic nitrogens is 4. The Hall–Kier alpha value is -6.65. The Labute approximate surface area is 284 Å². The summed E-state index contributed by atoms with van der Waals surface area (Å²) in [6, 6.07) is 59.5. The van der Waals surface area contributed by atoms with Crippen molar-refractivity contribution in [3.8, 4) is 61.7 Å². The summed E-state index contributed by atoms with van der Waals surface area (Å²) in [6.45, 7) is 0. The first-order chi connectivity index (χ1) is 24.3. The largest absolute Gasteiger partial charge is 0.294 e. The second-order valence-electron chi connectivity index (χ2n) is 12.1. The monoisotopic (exact) mass is 626 g/mol. The van der Waals surface area contributed by atoms with Gasteiger partial charge in [-0.15, -0.1) is 0 Å². The van der Waals surface area contributed by atoms with E-state index in [0.29, 0.717) is 0 Å². The van der Waals surface area contributed by atoms with Gasteiger partial charge in [-0.3, -0.25) is 9.55 Å². The van der Waals surface area contributed by atoms with Gasteiger partial charge in [0.25, 0.3) is 0 Å². The summed E-state index contributed by atoms with van der Waals surface area (Å²) in [5, 5.41) is 2.33. The van der Waals surface area contributed by atoms with E-state index in [-0.39, 0.29) is 0 Å². The van der Waals surface area contributed by atoms with Crippen LogP contribution in [0.1, 0.15) is 0 Å². The molecule has 0 saturated carbocycles. The molecule has 0 saturated heterocycles. The van der Waals surface area contributed by atoms with E-state index in [1.54, 1.807) is 0 Å². The summed E-state index contributed by atoms with van der Waals surface area (Å²) in [7, 11) is 0. The Balaban J connectivity index is 1.20. The summed E-state index contributed by atoms with van der Waals surface area (Å²) >= 11 is 0. The van der Waals surface area contributed by atoms with Gasteiger partial charge in [-0.25, -0.2) is 9.97 Å². The minimum Gasteiger partial charge on any atom is -0.294 e. The van der Waals surface area contributed by atoms with Gasteiger partial charge < -0.3 is 0 Å². The summed E-state index contributed by atoms with van der Waals surface area (Å²) in [5.74, 6) is 0. The fourth-order valence-corrected chi connectivity index (χ4v) is 6.72. The molecular weight excluding hydrogens is 597 g/mol. The molecule has 4 heterocycles. The van der Waals surface area contributed by atoms with E-state index in [1.807, 2.05) is 36.7 Å². The zero-order chi connectivity index (χ0) is 32.6. The molecule has 0 spiro atoms. The number of nitrogens with zero attached hydrogens (tertiary/aromatic N) is 4. The van der Waals surface area contributed by atoms with Crippen molar-refractivity contribution >= 4 is 21.9 Å². The lowest BCUT2D eigenvalue weighted by molar-refractivity contribution is 1.13. The lowest BCUT2D eigenvalue weighted by Gasteiger charge is -2.14. The van der Waals surface area contributed by atoms with Crippen LogP contribution < -0.4 is 0 Å². The van der Waals surface area contributed by atoms with Gasteiger partial charge in [-0.2, -0.15) is 0 Å². The van der Waals surface area contributed by atoms with Gasteiger partial charge in [0.15, 0.2) is 0 Å². The van der Waals surface area contributed by atoms with E-state index in [0.717, 1.165) is 56.0 Å². The third-order valence-electron chi connectivity index (χ3n) is 9.09. The maximum absolute atomic E-state index is 5.17. The topological polar surface area (TPSA) is 43.6 Å². The predicted octanol–water partition coefficient (Wildman–Crippen LogP) is 11.3. The van der Waals surface area contributed by atoms with Gasteiger partial charge in [0.05, 0.1) is 22.6 Å². The van der Waals surface area contributed by atoms with Crippen LogP contribution in [0.2, 0.25) is 0 Å². The van der Waals surface area contributed by atoms with E-state index in [9.17, 15) is 0 Å². The highest BCUT2D eigenvalue weighted by Crippen LogP contribution is 2.36. The molecule has 0 N–H and O–H groups in total. The maximum Gasteiger partial charge on any atom is 0.145 e. The Morgan fingerprint density at radius 3 is 1.61 bits per heavy atom. The minimum atomic E-state index is 0.829. The van der Waals surface area contributed by atoms with Gasteiger partial charge in [-0.05, 0) is 106 Å². The lowest BCUT2D eigenvalue weighted by Crippen LogP contribution is -1.96. The molecule has 0 bridgehead atoms. The Kier molecular flexibility index (Phi) is 7.10. The molecule has 0 amide bonds. The molecule has 0 aliphatic carbocycles. The summed E-state index contributed by atoms with van der Waals surface area (Å²) in [5.41, 5.74) is 13.6. The van der Waals surface area contributed by atoms with Crippen LogP contribution in [0.5, 0.6) is 0 Å². The second kappa shape index (κ2) is 12.2. The van der Waals surface area contributed by atoms with Crippen LogP contribution in [0.4, 0.5) is 0 Å². The number of fused-ring (bicyclic) bond motifs is 3. The predicted molar refractivity (Wildman–Crippen MR) is 201 cm³/mol. The molecule has 0 radical (unpaired) electrons. The van der Waals surface area contributed by atoms with Crippen LogP contribution in [0.15, 0.2) is 182 Å². The summed E-state index contributed by atoms with van der Waals surface area (Å²) in [4.78, 5) is 14.6. The fraction of sp³-hybridized carbons (Fsp3) is 0. The molecule has 0 aliphatic rings. The van der Waals surface area contributed by atoms with Crippen LogP contribution >= 0.6 is 0 Å². The second-order valence-corrected chi connectivity index (χ2v) is 12.1. The van der Waals surface area contributed by atoms with Crippen LogP contribution in [0.25, 0.3) is 83.6 Å². The van der Waals surface area contributed by atoms with Crippen LogP contribution in [-0.2, 0) is 0 Å². The normalized spacial score (nSPS) is 11.3. The first kappa shape index (κ1) is 28.6. The Bertz CT molecular complexity index is 2460. The molecule has 4 heteroatoms. The van der Waals surface area contributed by atoms with Crippen LogP contribution in [-0.4, -0.2) is 19.5 Å². The Morgan fingerprint density at radius 2 is 0.918 bits per heavy atom. The number of hydrogen-bond acceptors (Lipinski definition) is 3. The fourth-order valence-electron chi connectivity index (χ4n) is 6.72. The van der Waals surface area contributed by atoms with Crippen molar-refractivity contribution in [1.82, 2.24) is 19.5 Å². The molecule has 9 rings (SSSR count). The first-order valence-corrected chi connectivity index (χ1v) is 16.4. The van der Waals surface area contributed by atoms with Gasteiger partial charge in [0.2, 0.25) is 0 Å². The zero-order valence-electron chi connectivity index (χ0n) is 26.6. The van der Waals surface area contributed by atoms with Gasteiger partial charge in [-0.1, -0.05) is 97.1 Å². The third-order valence-corrected chi connectivity index (χ3v) is 9.09. The van der Waals surface area contributed by atoms with E-state index in [1.165, 1.54) is 27.6 Å². The van der Waals surface area contributed by atoms with Crippen molar-refractivity contribution in [2.75, 3.05) is 0 Å². The van der Waals surface area contributed by atoms with E-state index < -0.39 is 0 Å². The zero-order valence-corrected chi connectivity index (χ0v) is 26.6. The maximum atomic E-state index is 5.17. The number of rotatable bonds is 6. The molecule has 0 fully saturated rings. The average Bonchev–Trinajstić information content (AvgIpc) is 3.53. The highest BCUT2D eigenvalue weighted by molar-refractivity contribution is 6.07. The highest BCUT2D eigenvalue weighted by Gasteiger charge is 2.15. The number of pyridine rings is 3. The quantitative estimate of drug-likeness (QED) is 0.184. The van der Waals surface area contributed by atoms with Crippen LogP contribution in [0.3, 0.4) is 0 Å². The highest BCUT2D eigenvalue weighted by atomic mass is 15.0. The molecular formula is C45H30N4. The molecule has 0 aliphatic heterocycles. The first-order valence-electron chi connectivity index (χ1n) is 16.4. The number of benzene rings is 5. The third kappa shape index (κ3) is 5.35. The van der Waals surface area contributed by atoms with Gasteiger partial charge in [0.1, 0.15) is 5.65 Å². The summed E-state index contributed by atoms with van der Waals surface area (Å²) in [6.07, 6.45) is 3.68. The van der Waals surface area contributed by atoms with Crippen molar-refractivity contribution in [2.45, 2.75) is 0 Å². The van der Waals surface area contributed by atoms with E-state index >= 15 is 0 Å². The molecule has 230 valence electrons. The average molecular weight is 627 g/mol. The number of para-hydroxylation sites is 1. The van der Waals surface area contributed by atoms with Crippen molar-refractivity contribution in [1.29, 1.82) is 0 Å². The Morgan fingerprint density at radius 1 is 0.347 bits per heavy atom. The van der Waals surface area contributed by atoms with E-state index in [4.69, 9.17) is 9.97 Å². The molecule has 4 nitrogen and oxygen atoms in total. The molecule has 49 heavy (non-hydrogen) atoms. The van der Waals surface area contributed by atoms with Crippen molar-refractivity contribution in [2.24, 2.45) is 0 Å². The van der Waals surface area contributed by atoms with Crippen molar-refractivity contribution in [3.05, 3.63) is 182 Å². The molecule has 0 atom stereocenters. The molecule has 9 aromatic rings. The molecule has 0 unspecified atom stereocenters. The van der Waals surface area contributed by atoms with E-state index in [2.05, 4.69) is 155 Å². The standard InChI is InChI=1S/C45H30N4/c1-3-12-31(13-4-1)34-26-35(32-14-5-2-6-15-32)28-36(27-34)37-29-42(48-43(30-37)41-18-9-10-24-46-41)33-20-22-38(23-21-33)49-44-19-8-7-16-39(44)40-17-11-25-47-45(40)49/h1-30H. The smallest absolute Gasteiger partial charge is 0.145 e. The minimum absolute atomic E-state index is 0.829.